The van der Waals surface area contributed by atoms with Crippen LogP contribution < -0.4 is 21.9 Å². The largest absolute Gasteiger partial charge is 0.459 e. The Morgan fingerprint density at radius 1 is 1.07 bits per heavy atom. The summed E-state index contributed by atoms with van der Waals surface area (Å²) in [7, 11) is 0.639. The summed E-state index contributed by atoms with van der Waals surface area (Å²) in [6.45, 7) is 7.13. The van der Waals surface area contributed by atoms with E-state index in [4.69, 9.17) is 23.2 Å². The van der Waals surface area contributed by atoms with Gasteiger partial charge in [-0.05, 0) is 29.8 Å². The molecule has 18 heteroatoms. The van der Waals surface area contributed by atoms with Crippen molar-refractivity contribution in [3.63, 3.8) is 0 Å². The molecule has 8 nitrogen and oxygen atoms in total. The highest BCUT2D eigenvalue weighted by Crippen LogP contribution is 2.50. The predicted octanol–water partition coefficient (Wildman–Crippen LogP) is 6.91. The summed E-state index contributed by atoms with van der Waals surface area (Å²) in [4.78, 5) is 16.0. The fraction of sp³-hybridized carbons (Fsp3) is 0.240. The number of halogens is 10. The van der Waals surface area contributed by atoms with E-state index in [1.54, 1.807) is 0 Å². The maximum absolute atomic E-state index is 15.1. The normalized spacial score (nSPS) is 11.9. The van der Waals surface area contributed by atoms with Crippen molar-refractivity contribution in [3.05, 3.63) is 89.2 Å². The average Bonchev–Trinajstić information content (AvgIpc) is 3.30. The SMILES string of the molecule is C=CCl.CC.Cn1nc(C(F)(F)C(F)(F)F)c(C(F)(F)F)c1N(N)/C=C(\N)c1cccc(NC(=O)c2ccncc2)c1F. The Morgan fingerprint density at radius 3 is 2.09 bits per heavy atom. The third-order valence-electron chi connectivity index (χ3n) is 4.98. The van der Waals surface area contributed by atoms with Crippen LogP contribution in [0.1, 0.15) is 41.0 Å². The molecule has 3 rings (SSSR count). The lowest BCUT2D eigenvalue weighted by Gasteiger charge is -2.21. The zero-order chi connectivity index (χ0) is 33.3. The first-order valence-corrected chi connectivity index (χ1v) is 12.1. The number of anilines is 2. The molecule has 0 saturated carbocycles. The molecule has 0 unspecified atom stereocenters. The van der Waals surface area contributed by atoms with Gasteiger partial charge < -0.3 is 11.1 Å². The molecule has 0 aliphatic carbocycles. The topological polar surface area (TPSA) is 115 Å². The number of hydrogen-bond acceptors (Lipinski definition) is 6. The van der Waals surface area contributed by atoms with Gasteiger partial charge in [-0.2, -0.15) is 40.2 Å². The lowest BCUT2D eigenvalue weighted by atomic mass is 10.1. The Morgan fingerprint density at radius 2 is 1.60 bits per heavy atom. The van der Waals surface area contributed by atoms with Gasteiger partial charge in [0.25, 0.3) is 5.91 Å². The van der Waals surface area contributed by atoms with Crippen molar-refractivity contribution in [3.8, 4) is 0 Å². The first-order chi connectivity index (χ1) is 19.9. The maximum atomic E-state index is 15.1. The minimum Gasteiger partial charge on any atom is -0.397 e. The fourth-order valence-electron chi connectivity index (χ4n) is 3.26. The van der Waals surface area contributed by atoms with Crippen LogP contribution in [0, 0.1) is 5.82 Å². The molecular formula is C25H25ClF9N7O. The minimum absolute atomic E-state index is 0.0250. The summed E-state index contributed by atoms with van der Waals surface area (Å²) in [5.74, 6) is -3.79. The molecular weight excluding hydrogens is 621 g/mol. The van der Waals surface area contributed by atoms with Gasteiger partial charge in [-0.15, -0.1) is 0 Å². The van der Waals surface area contributed by atoms with Crippen molar-refractivity contribution >= 4 is 34.7 Å². The quantitative estimate of drug-likeness (QED) is 0.152. The van der Waals surface area contributed by atoms with E-state index in [-0.39, 0.29) is 15.3 Å². The molecule has 2 heterocycles. The van der Waals surface area contributed by atoms with E-state index in [0.29, 0.717) is 13.2 Å². The standard InChI is InChI=1S/C21H16F9N7O.C2H3Cl.C2H6/c1-36-18(14(20(25,26)27)16(35-36)19(23,24)21(28,29)30)37(32)9-12(31)11-3-2-4-13(15(11)22)34-17(38)10-5-7-33-8-6-10;1-2-3;1-2/h2-9H,31-32H2,1H3,(H,34,38);2H,1H2;1-2H3/b12-9-;;. The molecule has 0 atom stereocenters. The van der Waals surface area contributed by atoms with Gasteiger partial charge in [0.05, 0.1) is 11.4 Å². The Kier molecular flexibility index (Phi) is 12.6. The van der Waals surface area contributed by atoms with E-state index in [2.05, 4.69) is 22.0 Å². The number of alkyl halides is 8. The molecule has 3 aromatic rings. The van der Waals surface area contributed by atoms with Gasteiger partial charge in [0.2, 0.25) is 0 Å². The smallest absolute Gasteiger partial charge is 0.397 e. The number of aryl methyl sites for hydroxylation is 1. The Hall–Kier alpha value is -4.25. The number of hydrazine groups is 1. The molecule has 0 spiro atoms. The lowest BCUT2D eigenvalue weighted by Crippen LogP contribution is -2.36. The monoisotopic (exact) mass is 645 g/mol. The van der Waals surface area contributed by atoms with Gasteiger partial charge in [-0.25, -0.2) is 10.2 Å². The predicted molar refractivity (Wildman–Crippen MR) is 143 cm³/mol. The van der Waals surface area contributed by atoms with Crippen LogP contribution in [0.4, 0.5) is 51.0 Å². The van der Waals surface area contributed by atoms with E-state index in [9.17, 15) is 39.9 Å². The van der Waals surface area contributed by atoms with Gasteiger partial charge >= 0.3 is 18.3 Å². The molecule has 0 aliphatic rings. The van der Waals surface area contributed by atoms with Crippen molar-refractivity contribution in [1.29, 1.82) is 0 Å². The van der Waals surface area contributed by atoms with Crippen LogP contribution in [0.3, 0.4) is 0 Å². The van der Waals surface area contributed by atoms with Gasteiger partial charge in [0.1, 0.15) is 5.56 Å². The van der Waals surface area contributed by atoms with E-state index in [0.717, 1.165) is 12.1 Å². The Bertz CT molecular complexity index is 1420. The molecule has 0 bridgehead atoms. The van der Waals surface area contributed by atoms with Crippen LogP contribution in [-0.4, -0.2) is 26.8 Å². The number of nitrogens with zero attached hydrogens (tertiary/aromatic N) is 4. The molecule has 0 saturated heterocycles. The van der Waals surface area contributed by atoms with Crippen molar-refractivity contribution in [2.24, 2.45) is 18.6 Å². The van der Waals surface area contributed by atoms with Crippen molar-refractivity contribution in [2.75, 3.05) is 10.3 Å². The summed E-state index contributed by atoms with van der Waals surface area (Å²) < 4.78 is 122. The summed E-state index contributed by atoms with van der Waals surface area (Å²) in [6.07, 6.45) is -9.11. The first kappa shape index (κ1) is 36.8. The molecule has 236 valence electrons. The number of rotatable bonds is 6. The van der Waals surface area contributed by atoms with Gasteiger partial charge in [-0.3, -0.25) is 19.5 Å². The molecule has 0 aliphatic heterocycles. The fourth-order valence-corrected chi connectivity index (χ4v) is 3.26. The van der Waals surface area contributed by atoms with Gasteiger partial charge in [0.15, 0.2) is 17.3 Å². The van der Waals surface area contributed by atoms with Crippen LogP contribution >= 0.6 is 11.6 Å². The average molecular weight is 646 g/mol. The number of carbonyl (C=O) groups excluding carboxylic acids is 1. The second-order valence-electron chi connectivity index (χ2n) is 7.74. The number of nitrogens with two attached hydrogens (primary N) is 2. The third kappa shape index (κ3) is 8.63. The first-order valence-electron chi connectivity index (χ1n) is 11.7. The van der Waals surface area contributed by atoms with Crippen LogP contribution in [-0.2, 0) is 19.1 Å². The minimum atomic E-state index is -6.41. The van der Waals surface area contributed by atoms with E-state index in [1.807, 2.05) is 13.8 Å². The van der Waals surface area contributed by atoms with Crippen LogP contribution in [0.2, 0.25) is 0 Å². The highest BCUT2D eigenvalue weighted by atomic mass is 35.5. The molecule has 2 aromatic heterocycles. The number of benzene rings is 1. The molecule has 43 heavy (non-hydrogen) atoms. The highest BCUT2D eigenvalue weighted by molar-refractivity contribution is 6.25. The van der Waals surface area contributed by atoms with Crippen molar-refractivity contribution < 1.29 is 44.3 Å². The van der Waals surface area contributed by atoms with Gasteiger partial charge in [-0.1, -0.05) is 38.1 Å². The maximum Gasteiger partial charge on any atom is 0.459 e. The lowest BCUT2D eigenvalue weighted by molar-refractivity contribution is -0.292. The molecule has 0 radical (unpaired) electrons. The van der Waals surface area contributed by atoms with Crippen LogP contribution in [0.15, 0.2) is 61.0 Å². The van der Waals surface area contributed by atoms with Gasteiger partial charge in [0, 0.05) is 36.8 Å². The summed E-state index contributed by atoms with van der Waals surface area (Å²) in [5, 5.41) is 4.95. The highest BCUT2D eigenvalue weighted by Gasteiger charge is 2.64. The van der Waals surface area contributed by atoms with E-state index >= 15 is 4.39 Å². The Labute approximate surface area is 244 Å². The number of hydrogen-bond donors (Lipinski definition) is 3. The second-order valence-corrected chi connectivity index (χ2v) is 8.05. The summed E-state index contributed by atoms with van der Waals surface area (Å²) in [5.41, 5.74) is 0.410. The summed E-state index contributed by atoms with van der Waals surface area (Å²) >= 11 is 4.76. The number of aromatic nitrogens is 3. The molecule has 5 N–H and O–H groups in total. The third-order valence-corrected chi connectivity index (χ3v) is 4.98. The molecule has 1 aromatic carbocycles. The van der Waals surface area contributed by atoms with Crippen LogP contribution in [0.5, 0.6) is 0 Å². The van der Waals surface area contributed by atoms with Crippen molar-refractivity contribution in [2.45, 2.75) is 32.1 Å². The summed E-state index contributed by atoms with van der Waals surface area (Å²) in [6, 6.07) is 6.07. The number of amides is 1. The van der Waals surface area contributed by atoms with Crippen LogP contribution in [0.25, 0.3) is 5.70 Å². The van der Waals surface area contributed by atoms with Crippen molar-refractivity contribution in [1.82, 2.24) is 14.8 Å². The van der Waals surface area contributed by atoms with E-state index < -0.39 is 64.0 Å². The van der Waals surface area contributed by atoms with E-state index in [1.165, 1.54) is 36.1 Å². The molecule has 1 amide bonds. The molecule has 0 fully saturated rings. The number of pyridine rings is 1. The zero-order valence-corrected chi connectivity index (χ0v) is 23.3. The zero-order valence-electron chi connectivity index (χ0n) is 22.5. The Balaban J connectivity index is 0.00000174. The second kappa shape index (κ2) is 14.8. The number of carbonyl (C=O) groups is 1. The number of nitrogens with one attached hydrogen (secondary N) is 1.